The number of carbonyl (C=O) groups excluding carboxylic acids is 1. The molecule has 3 rings (SSSR count). The Labute approximate surface area is 130 Å². The molecule has 1 fully saturated rings. The number of rotatable bonds is 6. The van der Waals surface area contributed by atoms with Gasteiger partial charge >= 0.3 is 0 Å². The molecular weight excluding hydrogens is 278 g/mol. The maximum absolute atomic E-state index is 12.3. The molecule has 0 atom stereocenters. The molecule has 0 aliphatic heterocycles. The molecule has 1 aromatic heterocycles. The molecule has 0 radical (unpaired) electrons. The Morgan fingerprint density at radius 3 is 2.77 bits per heavy atom. The van der Waals surface area contributed by atoms with Crippen LogP contribution >= 0.6 is 0 Å². The number of ether oxygens (including phenoxy) is 1. The summed E-state index contributed by atoms with van der Waals surface area (Å²) >= 11 is 0. The Morgan fingerprint density at radius 1 is 1.36 bits per heavy atom. The minimum absolute atomic E-state index is 0.0444. The summed E-state index contributed by atoms with van der Waals surface area (Å²) in [5.74, 6) is 1.23. The van der Waals surface area contributed by atoms with Crippen LogP contribution in [0.25, 0.3) is 0 Å². The lowest BCUT2D eigenvalue weighted by Crippen LogP contribution is -2.29. The second-order valence-electron chi connectivity index (χ2n) is 5.89. The van der Waals surface area contributed by atoms with Crippen molar-refractivity contribution in [1.29, 1.82) is 0 Å². The van der Waals surface area contributed by atoms with Crippen LogP contribution in [-0.2, 0) is 13.7 Å². The van der Waals surface area contributed by atoms with Crippen LogP contribution in [0.15, 0.2) is 36.4 Å². The Kier molecular flexibility index (Phi) is 4.13. The highest BCUT2D eigenvalue weighted by Crippen LogP contribution is 2.29. The highest BCUT2D eigenvalue weighted by atomic mass is 16.5. The Balaban J connectivity index is 1.63. The molecule has 1 amide bonds. The molecule has 0 bridgehead atoms. The zero-order valence-corrected chi connectivity index (χ0v) is 13.0. The molecule has 0 unspecified atom stereocenters. The molecule has 22 heavy (non-hydrogen) atoms. The second-order valence-corrected chi connectivity index (χ2v) is 5.89. The summed E-state index contributed by atoms with van der Waals surface area (Å²) in [7, 11) is 3.62. The van der Waals surface area contributed by atoms with Gasteiger partial charge < -0.3 is 9.64 Å². The molecule has 1 heterocycles. The van der Waals surface area contributed by atoms with Crippen molar-refractivity contribution in [3.05, 3.63) is 47.7 Å². The van der Waals surface area contributed by atoms with Crippen LogP contribution in [0.3, 0.4) is 0 Å². The van der Waals surface area contributed by atoms with Gasteiger partial charge in [0.1, 0.15) is 6.61 Å². The van der Waals surface area contributed by atoms with E-state index < -0.39 is 0 Å². The summed E-state index contributed by atoms with van der Waals surface area (Å²) in [6.45, 7) is 1.28. The van der Waals surface area contributed by atoms with Gasteiger partial charge in [-0.2, -0.15) is 5.10 Å². The van der Waals surface area contributed by atoms with Crippen LogP contribution in [0.5, 0.6) is 5.88 Å². The first-order valence-electron chi connectivity index (χ1n) is 7.59. The topological polar surface area (TPSA) is 47.4 Å². The van der Waals surface area contributed by atoms with E-state index in [9.17, 15) is 4.79 Å². The highest BCUT2D eigenvalue weighted by molar-refractivity contribution is 5.92. The molecule has 0 N–H and O–H groups in total. The number of carbonyl (C=O) groups is 1. The molecule has 116 valence electrons. The molecule has 1 aliphatic carbocycles. The van der Waals surface area contributed by atoms with Crippen molar-refractivity contribution in [2.45, 2.75) is 19.4 Å². The van der Waals surface area contributed by atoms with E-state index in [0.717, 1.165) is 12.1 Å². The zero-order valence-electron chi connectivity index (χ0n) is 13.0. The van der Waals surface area contributed by atoms with Gasteiger partial charge in [0.25, 0.3) is 5.91 Å². The summed E-state index contributed by atoms with van der Waals surface area (Å²) < 4.78 is 7.37. The van der Waals surface area contributed by atoms with Crippen molar-refractivity contribution in [3.63, 3.8) is 0 Å². The van der Waals surface area contributed by atoms with E-state index in [-0.39, 0.29) is 5.91 Å². The van der Waals surface area contributed by atoms with Crippen LogP contribution < -0.4 is 4.74 Å². The molecule has 5 heteroatoms. The van der Waals surface area contributed by atoms with Crippen molar-refractivity contribution >= 4 is 5.91 Å². The van der Waals surface area contributed by atoms with Gasteiger partial charge in [-0.05, 0) is 24.3 Å². The van der Waals surface area contributed by atoms with Gasteiger partial charge in [0.15, 0.2) is 5.69 Å². The summed E-state index contributed by atoms with van der Waals surface area (Å²) in [5, 5.41) is 4.27. The van der Waals surface area contributed by atoms with Gasteiger partial charge in [0.05, 0.1) is 0 Å². The minimum Gasteiger partial charge on any atom is -0.473 e. The summed E-state index contributed by atoms with van der Waals surface area (Å²) in [6, 6.07) is 11.7. The van der Waals surface area contributed by atoms with Gasteiger partial charge in [-0.15, -0.1) is 0 Å². The van der Waals surface area contributed by atoms with Crippen molar-refractivity contribution in [2.24, 2.45) is 13.0 Å². The third-order valence-corrected chi connectivity index (χ3v) is 3.86. The molecule has 1 aliphatic rings. The molecule has 0 spiro atoms. The molecule has 1 saturated carbocycles. The van der Waals surface area contributed by atoms with Crippen LogP contribution in [0.1, 0.15) is 28.9 Å². The van der Waals surface area contributed by atoms with E-state index >= 15 is 0 Å². The van der Waals surface area contributed by atoms with E-state index in [1.807, 2.05) is 37.4 Å². The zero-order chi connectivity index (χ0) is 15.5. The normalized spacial score (nSPS) is 13.9. The summed E-state index contributed by atoms with van der Waals surface area (Å²) in [4.78, 5) is 14.1. The van der Waals surface area contributed by atoms with Gasteiger partial charge in [0, 0.05) is 26.7 Å². The second kappa shape index (κ2) is 6.22. The Morgan fingerprint density at radius 2 is 2.09 bits per heavy atom. The summed E-state index contributed by atoms with van der Waals surface area (Å²) in [5.41, 5.74) is 1.52. The SMILES string of the molecule is CN(CC1CC1)C(=O)c1cc(OCc2ccccc2)n(C)n1. The fraction of sp³-hybridized carbons (Fsp3) is 0.412. The van der Waals surface area contributed by atoms with Crippen molar-refractivity contribution in [1.82, 2.24) is 14.7 Å². The monoisotopic (exact) mass is 299 g/mol. The lowest BCUT2D eigenvalue weighted by molar-refractivity contribution is 0.0782. The Hall–Kier alpha value is -2.30. The van der Waals surface area contributed by atoms with Crippen LogP contribution in [-0.4, -0.2) is 34.2 Å². The van der Waals surface area contributed by atoms with Crippen molar-refractivity contribution < 1.29 is 9.53 Å². The number of amides is 1. The fourth-order valence-corrected chi connectivity index (χ4v) is 2.39. The maximum Gasteiger partial charge on any atom is 0.274 e. The highest BCUT2D eigenvalue weighted by Gasteiger charge is 2.26. The third-order valence-electron chi connectivity index (χ3n) is 3.86. The van der Waals surface area contributed by atoms with E-state index in [2.05, 4.69) is 5.10 Å². The number of hydrogen-bond acceptors (Lipinski definition) is 3. The number of benzene rings is 1. The summed E-state index contributed by atoms with van der Waals surface area (Å²) in [6.07, 6.45) is 2.45. The number of hydrogen-bond donors (Lipinski definition) is 0. The predicted octanol–water partition coefficient (Wildman–Crippen LogP) is 2.48. The first-order chi connectivity index (χ1) is 10.6. The van der Waals surface area contributed by atoms with Gasteiger partial charge in [-0.25, -0.2) is 4.68 Å². The molecule has 5 nitrogen and oxygen atoms in total. The van der Waals surface area contributed by atoms with E-state index in [1.54, 1.807) is 22.7 Å². The maximum atomic E-state index is 12.3. The van der Waals surface area contributed by atoms with E-state index in [4.69, 9.17) is 4.74 Å². The van der Waals surface area contributed by atoms with Crippen molar-refractivity contribution in [2.75, 3.05) is 13.6 Å². The average Bonchev–Trinajstić information content (AvgIpc) is 3.26. The molecular formula is C17H21N3O2. The number of nitrogens with zero attached hydrogens (tertiary/aromatic N) is 3. The molecule has 2 aromatic rings. The quantitative estimate of drug-likeness (QED) is 0.823. The van der Waals surface area contributed by atoms with Crippen LogP contribution in [0, 0.1) is 5.92 Å². The lowest BCUT2D eigenvalue weighted by atomic mass is 10.2. The lowest BCUT2D eigenvalue weighted by Gasteiger charge is -2.14. The van der Waals surface area contributed by atoms with Crippen LogP contribution in [0.4, 0.5) is 0 Å². The Bertz CT molecular complexity index is 647. The minimum atomic E-state index is -0.0444. The molecule has 0 saturated heterocycles. The fourth-order valence-electron chi connectivity index (χ4n) is 2.39. The van der Waals surface area contributed by atoms with Gasteiger partial charge in [-0.1, -0.05) is 30.3 Å². The van der Waals surface area contributed by atoms with Crippen molar-refractivity contribution in [3.8, 4) is 5.88 Å². The van der Waals surface area contributed by atoms with Gasteiger partial charge in [-0.3, -0.25) is 4.79 Å². The van der Waals surface area contributed by atoms with Gasteiger partial charge in [0.2, 0.25) is 5.88 Å². The number of aryl methyl sites for hydroxylation is 1. The first-order valence-corrected chi connectivity index (χ1v) is 7.59. The van der Waals surface area contributed by atoms with E-state index in [0.29, 0.717) is 24.1 Å². The predicted molar refractivity (Wildman–Crippen MR) is 83.7 cm³/mol. The average molecular weight is 299 g/mol. The number of aromatic nitrogens is 2. The third kappa shape index (κ3) is 3.47. The standard InChI is InChI=1S/C17H21N3O2/c1-19(11-13-8-9-13)17(21)15-10-16(20(2)18-15)22-12-14-6-4-3-5-7-14/h3-7,10,13H,8-9,11-12H2,1-2H3. The van der Waals surface area contributed by atoms with Crippen LogP contribution in [0.2, 0.25) is 0 Å². The smallest absolute Gasteiger partial charge is 0.274 e. The largest absolute Gasteiger partial charge is 0.473 e. The van der Waals surface area contributed by atoms with E-state index in [1.165, 1.54) is 12.8 Å². The molecule has 1 aromatic carbocycles. The first kappa shape index (κ1) is 14.6.